The van der Waals surface area contributed by atoms with Crippen LogP contribution in [0.3, 0.4) is 0 Å². The van der Waals surface area contributed by atoms with Crippen LogP contribution in [0.15, 0.2) is 29.3 Å². The highest BCUT2D eigenvalue weighted by Gasteiger charge is 2.35. The van der Waals surface area contributed by atoms with Gasteiger partial charge >= 0.3 is 6.18 Å². The summed E-state index contributed by atoms with van der Waals surface area (Å²) in [6.07, 6.45) is -4.00. The van der Waals surface area contributed by atoms with Gasteiger partial charge in [0.1, 0.15) is 11.9 Å². The van der Waals surface area contributed by atoms with Gasteiger partial charge in [0.05, 0.1) is 5.56 Å². The van der Waals surface area contributed by atoms with Gasteiger partial charge in [-0.05, 0) is 18.4 Å². The van der Waals surface area contributed by atoms with E-state index in [1.807, 2.05) is 13.8 Å². The molecule has 1 amide bonds. The van der Waals surface area contributed by atoms with Crippen LogP contribution in [0.2, 0.25) is 0 Å². The molecule has 0 aliphatic carbocycles. The van der Waals surface area contributed by atoms with Crippen molar-refractivity contribution < 1.29 is 18.0 Å². The molecule has 0 fully saturated rings. The largest absolute Gasteiger partial charge is 0.417 e. The molecule has 2 N–H and O–H groups in total. The molecule has 114 valence electrons. The normalized spacial score (nSPS) is 19.0. The fourth-order valence-electron chi connectivity index (χ4n) is 2.13. The maximum Gasteiger partial charge on any atom is 0.417 e. The van der Waals surface area contributed by atoms with Gasteiger partial charge in [-0.2, -0.15) is 13.2 Å². The van der Waals surface area contributed by atoms with E-state index in [1.165, 1.54) is 18.2 Å². The lowest BCUT2D eigenvalue weighted by atomic mass is 10.0. The zero-order valence-corrected chi connectivity index (χ0v) is 11.7. The Morgan fingerprint density at radius 3 is 2.52 bits per heavy atom. The minimum atomic E-state index is -4.48. The highest BCUT2D eigenvalue weighted by atomic mass is 19.4. The zero-order valence-electron chi connectivity index (χ0n) is 11.7. The Balaban J connectivity index is 2.40. The van der Waals surface area contributed by atoms with E-state index in [0.29, 0.717) is 6.42 Å². The maximum atomic E-state index is 13.0. The number of halogens is 3. The first kappa shape index (κ1) is 15.3. The first-order chi connectivity index (χ1) is 9.79. The van der Waals surface area contributed by atoms with Gasteiger partial charge in [0.15, 0.2) is 0 Å². The summed E-state index contributed by atoms with van der Waals surface area (Å²) in [7, 11) is 0. The molecule has 4 nitrogen and oxygen atoms in total. The second kappa shape index (κ2) is 5.75. The van der Waals surface area contributed by atoms with E-state index in [1.54, 1.807) is 0 Å². The van der Waals surface area contributed by atoms with Crippen molar-refractivity contribution in [2.45, 2.75) is 32.5 Å². The molecule has 1 aromatic carbocycles. The first-order valence-corrected chi connectivity index (χ1v) is 6.59. The molecule has 0 aromatic heterocycles. The number of hydrazine groups is 1. The van der Waals surface area contributed by atoms with Crippen molar-refractivity contribution in [1.29, 1.82) is 0 Å². The summed E-state index contributed by atoms with van der Waals surface area (Å²) in [4.78, 5) is 15.8. The lowest BCUT2D eigenvalue weighted by Crippen LogP contribution is -2.52. The molecule has 1 heterocycles. The molecule has 0 radical (unpaired) electrons. The van der Waals surface area contributed by atoms with Crippen LogP contribution < -0.4 is 10.9 Å². The van der Waals surface area contributed by atoms with Gasteiger partial charge in [-0.1, -0.05) is 32.0 Å². The van der Waals surface area contributed by atoms with Crippen molar-refractivity contribution in [2.75, 3.05) is 0 Å². The monoisotopic (exact) mass is 299 g/mol. The van der Waals surface area contributed by atoms with Crippen molar-refractivity contribution in [1.82, 2.24) is 10.9 Å². The highest BCUT2D eigenvalue weighted by molar-refractivity contribution is 6.04. The summed E-state index contributed by atoms with van der Waals surface area (Å²) in [5.74, 6) is -0.0909. The molecule has 7 heteroatoms. The van der Waals surface area contributed by atoms with E-state index in [-0.39, 0.29) is 23.2 Å². The fraction of sp³-hybridized carbons (Fsp3) is 0.429. The Labute approximate surface area is 120 Å². The zero-order chi connectivity index (χ0) is 15.6. The summed E-state index contributed by atoms with van der Waals surface area (Å²) in [5, 5.41) is 0. The minimum Gasteiger partial charge on any atom is -0.282 e. The van der Waals surface area contributed by atoms with Crippen molar-refractivity contribution in [3.05, 3.63) is 35.4 Å². The van der Waals surface area contributed by atoms with E-state index in [0.717, 1.165) is 6.07 Å². The van der Waals surface area contributed by atoms with E-state index >= 15 is 0 Å². The Kier molecular flexibility index (Phi) is 4.20. The molecule has 1 aromatic rings. The number of carbonyl (C=O) groups is 1. The van der Waals surface area contributed by atoms with Crippen molar-refractivity contribution in [2.24, 2.45) is 10.9 Å². The van der Waals surface area contributed by atoms with Crippen molar-refractivity contribution in [3.63, 3.8) is 0 Å². The standard InChI is InChI=1S/C14H16F3N3O/c1-8(2)7-11-13(21)20-19-12(18-11)9-5-3-4-6-10(9)14(15,16)17/h3-6,8,11H,7H2,1-2H3,(H,18,19)(H,20,21). The number of nitrogens with one attached hydrogen (secondary N) is 2. The number of carbonyl (C=O) groups excluding carboxylic acids is 1. The van der Waals surface area contributed by atoms with Crippen LogP contribution >= 0.6 is 0 Å². The van der Waals surface area contributed by atoms with Crippen LogP contribution in [0.4, 0.5) is 13.2 Å². The number of amidine groups is 1. The summed E-state index contributed by atoms with van der Waals surface area (Å²) >= 11 is 0. The van der Waals surface area contributed by atoms with E-state index in [9.17, 15) is 18.0 Å². The molecule has 1 unspecified atom stereocenters. The van der Waals surface area contributed by atoms with Crippen LogP contribution in [-0.4, -0.2) is 17.8 Å². The predicted octanol–water partition coefficient (Wildman–Crippen LogP) is 2.50. The second-order valence-corrected chi connectivity index (χ2v) is 5.28. The number of hydrogen-bond acceptors (Lipinski definition) is 3. The molecular formula is C14H16F3N3O. The van der Waals surface area contributed by atoms with Crippen LogP contribution in [0.5, 0.6) is 0 Å². The third kappa shape index (κ3) is 3.53. The van der Waals surface area contributed by atoms with E-state index in [4.69, 9.17) is 0 Å². The molecule has 0 bridgehead atoms. The lowest BCUT2D eigenvalue weighted by molar-refractivity contribution is -0.137. The number of hydrogen-bond donors (Lipinski definition) is 2. The van der Waals surface area contributed by atoms with Gasteiger partial charge in [0, 0.05) is 5.56 Å². The third-order valence-electron chi connectivity index (χ3n) is 3.07. The predicted molar refractivity (Wildman–Crippen MR) is 72.5 cm³/mol. The van der Waals surface area contributed by atoms with E-state index < -0.39 is 17.8 Å². The maximum absolute atomic E-state index is 13.0. The summed E-state index contributed by atoms with van der Waals surface area (Å²) in [5.41, 5.74) is 3.98. The highest BCUT2D eigenvalue weighted by Crippen LogP contribution is 2.32. The van der Waals surface area contributed by atoms with Crippen LogP contribution in [0.1, 0.15) is 31.4 Å². The first-order valence-electron chi connectivity index (χ1n) is 6.59. The fourth-order valence-corrected chi connectivity index (χ4v) is 2.13. The number of amides is 1. The van der Waals surface area contributed by atoms with Crippen LogP contribution in [-0.2, 0) is 11.0 Å². The molecule has 1 aliphatic heterocycles. The molecular weight excluding hydrogens is 283 g/mol. The average Bonchev–Trinajstić information content (AvgIpc) is 2.40. The van der Waals surface area contributed by atoms with Gasteiger partial charge in [0.25, 0.3) is 5.91 Å². The van der Waals surface area contributed by atoms with Gasteiger partial charge in [-0.25, -0.2) is 0 Å². The van der Waals surface area contributed by atoms with Crippen molar-refractivity contribution >= 4 is 11.7 Å². The van der Waals surface area contributed by atoms with Gasteiger partial charge in [-0.15, -0.1) is 0 Å². The quantitative estimate of drug-likeness (QED) is 0.901. The third-order valence-corrected chi connectivity index (χ3v) is 3.07. The smallest absolute Gasteiger partial charge is 0.282 e. The van der Waals surface area contributed by atoms with Crippen molar-refractivity contribution in [3.8, 4) is 0 Å². The Hall–Kier alpha value is -2.05. The molecule has 0 saturated heterocycles. The Bertz CT molecular complexity index is 567. The topological polar surface area (TPSA) is 53.5 Å². The molecule has 0 saturated carbocycles. The van der Waals surface area contributed by atoms with Crippen LogP contribution in [0.25, 0.3) is 0 Å². The van der Waals surface area contributed by atoms with Crippen LogP contribution in [0, 0.1) is 5.92 Å². The van der Waals surface area contributed by atoms with E-state index in [2.05, 4.69) is 15.8 Å². The molecule has 1 aliphatic rings. The average molecular weight is 299 g/mol. The number of rotatable bonds is 3. The Morgan fingerprint density at radius 1 is 1.24 bits per heavy atom. The molecule has 2 rings (SSSR count). The van der Waals surface area contributed by atoms with Gasteiger partial charge < -0.3 is 0 Å². The molecule has 0 spiro atoms. The molecule has 1 atom stereocenters. The molecule has 21 heavy (non-hydrogen) atoms. The summed E-state index contributed by atoms with van der Waals surface area (Å²) in [6.45, 7) is 3.85. The number of aliphatic imine (C=N–C) groups is 1. The number of benzene rings is 1. The van der Waals surface area contributed by atoms with Gasteiger partial charge in [0.2, 0.25) is 0 Å². The number of nitrogens with zero attached hydrogens (tertiary/aromatic N) is 1. The van der Waals surface area contributed by atoms with Gasteiger partial charge in [-0.3, -0.25) is 20.6 Å². The summed E-state index contributed by atoms with van der Waals surface area (Å²) < 4.78 is 39.1. The number of alkyl halides is 3. The second-order valence-electron chi connectivity index (χ2n) is 5.28. The summed E-state index contributed by atoms with van der Waals surface area (Å²) in [6, 6.07) is 4.47. The SMILES string of the molecule is CC(C)CC1N=C(c2ccccc2C(F)(F)F)NNC1=O. The Morgan fingerprint density at radius 2 is 1.90 bits per heavy atom. The minimum absolute atomic E-state index is 0.0353. The lowest BCUT2D eigenvalue weighted by Gasteiger charge is -2.24.